The molecule has 100 valence electrons. The summed E-state index contributed by atoms with van der Waals surface area (Å²) in [5.74, 6) is 0.830. The second-order valence-electron chi connectivity index (χ2n) is 4.43. The molecule has 1 aliphatic rings. The first-order valence-electron chi connectivity index (χ1n) is 5.95. The summed E-state index contributed by atoms with van der Waals surface area (Å²) in [7, 11) is 0. The number of pyridine rings is 1. The van der Waals surface area contributed by atoms with Crippen LogP contribution in [0.4, 0.5) is 19.0 Å². The molecule has 1 aliphatic heterocycles. The molecule has 1 aromatic heterocycles. The monoisotopic (exact) mass is 259 g/mol. The van der Waals surface area contributed by atoms with Crippen molar-refractivity contribution in [1.29, 1.82) is 0 Å². The Morgan fingerprint density at radius 3 is 2.33 bits per heavy atom. The Bertz CT molecular complexity index is 372. The van der Waals surface area contributed by atoms with Crippen LogP contribution in [-0.4, -0.2) is 48.3 Å². The SMILES string of the molecule is CC(N1CCN(c2ccccn2)CC1)C(F)(F)F. The van der Waals surface area contributed by atoms with Crippen molar-refractivity contribution < 1.29 is 13.2 Å². The molecule has 0 bridgehead atoms. The van der Waals surface area contributed by atoms with Crippen molar-refractivity contribution in [2.75, 3.05) is 31.1 Å². The Morgan fingerprint density at radius 2 is 1.83 bits per heavy atom. The van der Waals surface area contributed by atoms with Crippen molar-refractivity contribution in [3.05, 3.63) is 24.4 Å². The lowest BCUT2D eigenvalue weighted by atomic mass is 10.2. The van der Waals surface area contributed by atoms with Gasteiger partial charge in [-0.25, -0.2) is 4.98 Å². The van der Waals surface area contributed by atoms with E-state index in [2.05, 4.69) is 4.98 Å². The normalized spacial score (nSPS) is 19.9. The molecule has 3 nitrogen and oxygen atoms in total. The van der Waals surface area contributed by atoms with Crippen LogP contribution in [0.25, 0.3) is 0 Å². The average Bonchev–Trinajstić information content (AvgIpc) is 2.38. The van der Waals surface area contributed by atoms with E-state index in [-0.39, 0.29) is 0 Å². The van der Waals surface area contributed by atoms with Crippen molar-refractivity contribution in [2.45, 2.75) is 19.1 Å². The predicted octanol–water partition coefficient (Wildman–Crippen LogP) is 2.15. The summed E-state index contributed by atoms with van der Waals surface area (Å²) in [6.07, 6.45) is -2.45. The molecule has 0 amide bonds. The second kappa shape index (κ2) is 5.14. The zero-order valence-electron chi connectivity index (χ0n) is 10.2. The van der Waals surface area contributed by atoms with E-state index in [1.807, 2.05) is 23.1 Å². The smallest absolute Gasteiger partial charge is 0.354 e. The number of hydrogen-bond acceptors (Lipinski definition) is 3. The van der Waals surface area contributed by atoms with Gasteiger partial charge in [0.05, 0.1) is 0 Å². The maximum atomic E-state index is 12.6. The highest BCUT2D eigenvalue weighted by Gasteiger charge is 2.40. The largest absolute Gasteiger partial charge is 0.403 e. The van der Waals surface area contributed by atoms with Crippen LogP contribution in [0, 0.1) is 0 Å². The Hall–Kier alpha value is -1.30. The van der Waals surface area contributed by atoms with Gasteiger partial charge < -0.3 is 4.90 Å². The number of nitrogens with zero attached hydrogens (tertiary/aromatic N) is 3. The Labute approximate surface area is 104 Å². The minimum atomic E-state index is -4.15. The topological polar surface area (TPSA) is 19.4 Å². The van der Waals surface area contributed by atoms with Crippen LogP contribution in [0.2, 0.25) is 0 Å². The second-order valence-corrected chi connectivity index (χ2v) is 4.43. The standard InChI is InChI=1S/C12H16F3N3/c1-10(12(13,14)15)17-6-8-18(9-7-17)11-4-2-3-5-16-11/h2-5,10H,6-9H2,1H3. The van der Waals surface area contributed by atoms with Crippen molar-refractivity contribution in [3.8, 4) is 0 Å². The molecule has 0 aliphatic carbocycles. The molecule has 0 radical (unpaired) electrons. The molecular weight excluding hydrogens is 243 g/mol. The number of halogens is 3. The summed E-state index contributed by atoms with van der Waals surface area (Å²) in [6.45, 7) is 3.21. The van der Waals surface area contributed by atoms with Gasteiger partial charge in [-0.05, 0) is 19.1 Å². The van der Waals surface area contributed by atoms with Gasteiger partial charge in [0.25, 0.3) is 0 Å². The molecule has 0 aromatic carbocycles. The van der Waals surface area contributed by atoms with Crippen LogP contribution in [0.15, 0.2) is 24.4 Å². The van der Waals surface area contributed by atoms with Gasteiger partial charge in [0.2, 0.25) is 0 Å². The van der Waals surface area contributed by atoms with E-state index in [0.29, 0.717) is 26.2 Å². The lowest BCUT2D eigenvalue weighted by Crippen LogP contribution is -2.53. The zero-order valence-corrected chi connectivity index (χ0v) is 10.2. The summed E-state index contributed by atoms with van der Waals surface area (Å²) < 4.78 is 37.8. The van der Waals surface area contributed by atoms with Gasteiger partial charge in [0.1, 0.15) is 11.9 Å². The number of anilines is 1. The summed E-state index contributed by atoms with van der Waals surface area (Å²) in [5.41, 5.74) is 0. The maximum absolute atomic E-state index is 12.6. The molecule has 1 saturated heterocycles. The fraction of sp³-hybridized carbons (Fsp3) is 0.583. The van der Waals surface area contributed by atoms with Crippen LogP contribution in [0.3, 0.4) is 0 Å². The van der Waals surface area contributed by atoms with Crippen molar-refractivity contribution in [1.82, 2.24) is 9.88 Å². The van der Waals surface area contributed by atoms with E-state index in [0.717, 1.165) is 5.82 Å². The maximum Gasteiger partial charge on any atom is 0.403 e. The van der Waals surface area contributed by atoms with Crippen LogP contribution in [0.1, 0.15) is 6.92 Å². The summed E-state index contributed by atoms with van der Waals surface area (Å²) in [4.78, 5) is 7.69. The third-order valence-corrected chi connectivity index (χ3v) is 3.31. The number of hydrogen-bond donors (Lipinski definition) is 0. The van der Waals surface area contributed by atoms with E-state index in [1.165, 1.54) is 11.8 Å². The highest BCUT2D eigenvalue weighted by molar-refractivity contribution is 5.38. The van der Waals surface area contributed by atoms with Gasteiger partial charge >= 0.3 is 6.18 Å². The summed E-state index contributed by atoms with van der Waals surface area (Å²) in [6, 6.07) is 4.21. The van der Waals surface area contributed by atoms with Gasteiger partial charge in [-0.15, -0.1) is 0 Å². The van der Waals surface area contributed by atoms with Gasteiger partial charge in [-0.2, -0.15) is 13.2 Å². The average molecular weight is 259 g/mol. The van der Waals surface area contributed by atoms with Crippen molar-refractivity contribution in [2.24, 2.45) is 0 Å². The number of aromatic nitrogens is 1. The fourth-order valence-electron chi connectivity index (χ4n) is 2.09. The molecule has 2 heterocycles. The molecule has 0 saturated carbocycles. The van der Waals surface area contributed by atoms with Crippen molar-refractivity contribution >= 4 is 5.82 Å². The van der Waals surface area contributed by atoms with Gasteiger partial charge in [-0.3, -0.25) is 4.90 Å². The van der Waals surface area contributed by atoms with E-state index >= 15 is 0 Å². The van der Waals surface area contributed by atoms with Crippen LogP contribution in [-0.2, 0) is 0 Å². The summed E-state index contributed by atoms with van der Waals surface area (Å²) >= 11 is 0. The van der Waals surface area contributed by atoms with Crippen LogP contribution >= 0.6 is 0 Å². The molecule has 0 spiro atoms. The van der Waals surface area contributed by atoms with E-state index in [4.69, 9.17) is 0 Å². The molecule has 1 aromatic rings. The first-order valence-corrected chi connectivity index (χ1v) is 5.95. The van der Waals surface area contributed by atoms with E-state index in [1.54, 1.807) is 6.20 Å². The molecule has 1 atom stereocenters. The molecule has 2 rings (SSSR count). The minimum absolute atomic E-state index is 0.414. The van der Waals surface area contributed by atoms with Crippen LogP contribution in [0.5, 0.6) is 0 Å². The highest BCUT2D eigenvalue weighted by Crippen LogP contribution is 2.25. The van der Waals surface area contributed by atoms with Crippen LogP contribution < -0.4 is 4.90 Å². The quantitative estimate of drug-likeness (QED) is 0.811. The molecule has 1 fully saturated rings. The molecule has 18 heavy (non-hydrogen) atoms. The summed E-state index contributed by atoms with van der Waals surface area (Å²) in [5, 5.41) is 0. The van der Waals surface area contributed by atoms with Crippen molar-refractivity contribution in [3.63, 3.8) is 0 Å². The first-order chi connectivity index (χ1) is 8.48. The Morgan fingerprint density at radius 1 is 1.17 bits per heavy atom. The molecule has 0 N–H and O–H groups in total. The molecule has 1 unspecified atom stereocenters. The van der Waals surface area contributed by atoms with E-state index < -0.39 is 12.2 Å². The minimum Gasteiger partial charge on any atom is -0.354 e. The Kier molecular flexibility index (Phi) is 3.75. The van der Waals surface area contributed by atoms with E-state index in [9.17, 15) is 13.2 Å². The van der Waals surface area contributed by atoms with Gasteiger partial charge in [-0.1, -0.05) is 6.07 Å². The number of piperazine rings is 1. The molecule has 6 heteroatoms. The zero-order chi connectivity index (χ0) is 13.2. The Balaban J connectivity index is 1.93. The van der Waals surface area contributed by atoms with Gasteiger partial charge in [0.15, 0.2) is 0 Å². The highest BCUT2D eigenvalue weighted by atomic mass is 19.4. The third-order valence-electron chi connectivity index (χ3n) is 3.31. The lowest BCUT2D eigenvalue weighted by Gasteiger charge is -2.38. The van der Waals surface area contributed by atoms with Gasteiger partial charge in [0, 0.05) is 32.4 Å². The number of rotatable bonds is 2. The number of alkyl halides is 3. The fourth-order valence-corrected chi connectivity index (χ4v) is 2.09. The lowest BCUT2D eigenvalue weighted by molar-refractivity contribution is -0.179. The predicted molar refractivity (Wildman–Crippen MR) is 63.5 cm³/mol. The third kappa shape index (κ3) is 2.93. The first kappa shape index (κ1) is 13.1. The molecular formula is C12H16F3N3.